The molecule has 0 aliphatic heterocycles. The van der Waals surface area contributed by atoms with Crippen LogP contribution < -0.4 is 0 Å². The number of aliphatic hydroxyl groups excluding tert-OH is 1. The minimum Gasteiger partial charge on any atom is -0.380 e. The maximum Gasteiger partial charge on any atom is 0.161 e. The van der Waals surface area contributed by atoms with Gasteiger partial charge in [0, 0.05) is 30.4 Å². The van der Waals surface area contributed by atoms with Gasteiger partial charge in [0.1, 0.15) is 12.4 Å². The second-order valence-electron chi connectivity index (χ2n) is 2.68. The van der Waals surface area contributed by atoms with Crippen molar-refractivity contribution in [2.75, 3.05) is 0 Å². The van der Waals surface area contributed by atoms with Gasteiger partial charge in [-0.2, -0.15) is 0 Å². The summed E-state index contributed by atoms with van der Waals surface area (Å²) in [6.45, 7) is 0. The van der Waals surface area contributed by atoms with Gasteiger partial charge in [0.05, 0.1) is 0 Å². The Balaban J connectivity index is 2.30. The van der Waals surface area contributed by atoms with Crippen LogP contribution in [0.25, 0.3) is 0 Å². The monoisotopic (exact) mass is 188 g/mol. The van der Waals surface area contributed by atoms with Crippen LogP contribution in [0.15, 0.2) is 37.2 Å². The van der Waals surface area contributed by atoms with E-state index in [0.717, 1.165) is 0 Å². The first-order chi connectivity index (χ1) is 6.88. The Hall–Kier alpha value is -1.88. The van der Waals surface area contributed by atoms with E-state index in [9.17, 15) is 5.11 Å². The first-order valence-corrected chi connectivity index (χ1v) is 4.08. The van der Waals surface area contributed by atoms with Crippen LogP contribution in [0, 0.1) is 0 Å². The van der Waals surface area contributed by atoms with Gasteiger partial charge in [-0.25, -0.2) is 19.9 Å². The third kappa shape index (κ3) is 1.72. The maximum absolute atomic E-state index is 9.79. The summed E-state index contributed by atoms with van der Waals surface area (Å²) in [5.74, 6) is 0.349. The average Bonchev–Trinajstić information content (AvgIpc) is 2.30. The predicted molar refractivity (Wildman–Crippen MR) is 48.1 cm³/mol. The standard InChI is InChI=1S/C9H8N4O/c14-8(7-4-10-6-11-5-7)9-12-2-1-3-13-9/h1-6,8,14H. The molecule has 2 aromatic rings. The Kier molecular flexibility index (Phi) is 2.42. The Bertz CT molecular complexity index is 353. The van der Waals surface area contributed by atoms with E-state index >= 15 is 0 Å². The molecule has 0 saturated carbocycles. The highest BCUT2D eigenvalue weighted by atomic mass is 16.3. The number of nitrogens with zero attached hydrogens (tertiary/aromatic N) is 4. The van der Waals surface area contributed by atoms with Crippen molar-refractivity contribution < 1.29 is 5.11 Å². The SMILES string of the molecule is OC(c1cncnc1)c1ncccn1. The van der Waals surface area contributed by atoms with E-state index in [0.29, 0.717) is 11.4 Å². The van der Waals surface area contributed by atoms with Crippen molar-refractivity contribution in [1.82, 2.24) is 19.9 Å². The van der Waals surface area contributed by atoms with Gasteiger partial charge in [-0.1, -0.05) is 0 Å². The molecule has 0 aliphatic rings. The summed E-state index contributed by atoms with van der Waals surface area (Å²) in [7, 11) is 0. The fourth-order valence-electron chi connectivity index (χ4n) is 1.05. The van der Waals surface area contributed by atoms with Gasteiger partial charge in [0.25, 0.3) is 0 Å². The highest BCUT2D eigenvalue weighted by Gasteiger charge is 2.12. The van der Waals surface area contributed by atoms with E-state index in [2.05, 4.69) is 19.9 Å². The van der Waals surface area contributed by atoms with Crippen LogP contribution in [0.5, 0.6) is 0 Å². The molecule has 2 rings (SSSR count). The van der Waals surface area contributed by atoms with E-state index in [-0.39, 0.29) is 0 Å². The number of aliphatic hydroxyl groups is 1. The topological polar surface area (TPSA) is 71.8 Å². The summed E-state index contributed by atoms with van der Waals surface area (Å²) in [6.07, 6.45) is 6.77. The lowest BCUT2D eigenvalue weighted by molar-refractivity contribution is 0.209. The third-order valence-corrected chi connectivity index (χ3v) is 1.73. The first-order valence-electron chi connectivity index (χ1n) is 4.08. The number of hydrogen-bond donors (Lipinski definition) is 1. The Labute approximate surface area is 80.5 Å². The van der Waals surface area contributed by atoms with Gasteiger partial charge in [0.15, 0.2) is 5.82 Å². The number of hydrogen-bond acceptors (Lipinski definition) is 5. The van der Waals surface area contributed by atoms with Crippen molar-refractivity contribution in [3.8, 4) is 0 Å². The zero-order valence-corrected chi connectivity index (χ0v) is 7.28. The van der Waals surface area contributed by atoms with Gasteiger partial charge in [-0.05, 0) is 6.07 Å². The molecule has 1 N–H and O–H groups in total. The number of aromatic nitrogens is 4. The molecule has 0 bridgehead atoms. The summed E-state index contributed by atoms with van der Waals surface area (Å²) >= 11 is 0. The minimum absolute atomic E-state index is 0.349. The molecule has 2 heterocycles. The highest BCUT2D eigenvalue weighted by molar-refractivity contribution is 5.14. The number of rotatable bonds is 2. The molecule has 14 heavy (non-hydrogen) atoms. The second-order valence-corrected chi connectivity index (χ2v) is 2.68. The molecule has 0 spiro atoms. The Morgan fingerprint density at radius 3 is 2.36 bits per heavy atom. The largest absolute Gasteiger partial charge is 0.380 e. The Morgan fingerprint density at radius 1 is 1.07 bits per heavy atom. The lowest BCUT2D eigenvalue weighted by Gasteiger charge is -2.06. The third-order valence-electron chi connectivity index (χ3n) is 1.73. The molecule has 2 aromatic heterocycles. The van der Waals surface area contributed by atoms with Gasteiger partial charge < -0.3 is 5.11 Å². The summed E-state index contributed by atoms with van der Waals surface area (Å²) in [5, 5.41) is 9.79. The van der Waals surface area contributed by atoms with E-state index in [1.54, 1.807) is 18.5 Å². The molecule has 5 heteroatoms. The molecule has 70 valence electrons. The fourth-order valence-corrected chi connectivity index (χ4v) is 1.05. The van der Waals surface area contributed by atoms with Crippen LogP contribution in [-0.4, -0.2) is 25.0 Å². The summed E-state index contributed by atoms with van der Waals surface area (Å²) in [4.78, 5) is 15.5. The molecule has 1 atom stereocenters. The van der Waals surface area contributed by atoms with Crippen LogP contribution in [0.1, 0.15) is 17.5 Å². The smallest absolute Gasteiger partial charge is 0.161 e. The van der Waals surface area contributed by atoms with Crippen LogP contribution in [-0.2, 0) is 0 Å². The quantitative estimate of drug-likeness (QED) is 0.736. The van der Waals surface area contributed by atoms with Crippen LogP contribution >= 0.6 is 0 Å². The lowest BCUT2D eigenvalue weighted by Crippen LogP contribution is -2.05. The van der Waals surface area contributed by atoms with Crippen molar-refractivity contribution in [3.63, 3.8) is 0 Å². The minimum atomic E-state index is -0.864. The molecular formula is C9H8N4O. The van der Waals surface area contributed by atoms with E-state index < -0.39 is 6.10 Å². The normalized spacial score (nSPS) is 12.4. The molecule has 5 nitrogen and oxygen atoms in total. The van der Waals surface area contributed by atoms with Crippen molar-refractivity contribution in [2.24, 2.45) is 0 Å². The van der Waals surface area contributed by atoms with Crippen molar-refractivity contribution >= 4 is 0 Å². The zero-order valence-electron chi connectivity index (χ0n) is 7.28. The fraction of sp³-hybridized carbons (Fsp3) is 0.111. The van der Waals surface area contributed by atoms with Crippen LogP contribution in [0.2, 0.25) is 0 Å². The average molecular weight is 188 g/mol. The summed E-state index contributed by atoms with van der Waals surface area (Å²) < 4.78 is 0. The second kappa shape index (κ2) is 3.89. The van der Waals surface area contributed by atoms with Crippen LogP contribution in [0.3, 0.4) is 0 Å². The van der Waals surface area contributed by atoms with Gasteiger partial charge in [0.2, 0.25) is 0 Å². The van der Waals surface area contributed by atoms with E-state index in [1.807, 2.05) is 0 Å². The molecule has 0 fully saturated rings. The molecule has 0 aromatic carbocycles. The predicted octanol–water partition coefficient (Wildman–Crippen LogP) is 0.348. The molecule has 1 unspecified atom stereocenters. The van der Waals surface area contributed by atoms with Gasteiger partial charge in [-0.3, -0.25) is 0 Å². The van der Waals surface area contributed by atoms with E-state index in [4.69, 9.17) is 0 Å². The van der Waals surface area contributed by atoms with Gasteiger partial charge >= 0.3 is 0 Å². The molecule has 0 saturated heterocycles. The summed E-state index contributed by atoms with van der Waals surface area (Å²) in [5.41, 5.74) is 0.582. The molecule has 0 amide bonds. The van der Waals surface area contributed by atoms with Crippen LogP contribution in [0.4, 0.5) is 0 Å². The van der Waals surface area contributed by atoms with Gasteiger partial charge in [-0.15, -0.1) is 0 Å². The molecule has 0 aliphatic carbocycles. The highest BCUT2D eigenvalue weighted by Crippen LogP contribution is 2.15. The first kappa shape index (κ1) is 8.71. The molecular weight excluding hydrogens is 180 g/mol. The van der Waals surface area contributed by atoms with Crippen molar-refractivity contribution in [1.29, 1.82) is 0 Å². The molecule has 0 radical (unpaired) electrons. The van der Waals surface area contributed by atoms with E-state index in [1.165, 1.54) is 18.7 Å². The zero-order chi connectivity index (χ0) is 9.80. The van der Waals surface area contributed by atoms with Crippen molar-refractivity contribution in [3.05, 3.63) is 48.6 Å². The lowest BCUT2D eigenvalue weighted by atomic mass is 10.2. The van der Waals surface area contributed by atoms with Crippen molar-refractivity contribution in [2.45, 2.75) is 6.10 Å². The summed E-state index contributed by atoms with van der Waals surface area (Å²) in [6, 6.07) is 1.69. The maximum atomic E-state index is 9.79. The Morgan fingerprint density at radius 2 is 1.71 bits per heavy atom.